The number of ether oxygens (including phenoxy) is 3. The van der Waals surface area contributed by atoms with E-state index in [9.17, 15) is 9.59 Å². The average molecular weight is 392 g/mol. The number of carbonyl (C=O) groups is 2. The number of hydrogen-bond acceptors (Lipinski definition) is 5. The van der Waals surface area contributed by atoms with Gasteiger partial charge in [0, 0.05) is 12.2 Å². The Hall–Kier alpha value is -2.73. The lowest BCUT2D eigenvalue weighted by atomic mass is 10.2. The molecule has 0 N–H and O–H groups in total. The summed E-state index contributed by atoms with van der Waals surface area (Å²) in [5.41, 5.74) is 0.919. The summed E-state index contributed by atoms with van der Waals surface area (Å²) in [4.78, 5) is 26.3. The van der Waals surface area contributed by atoms with Gasteiger partial charge in [0.2, 0.25) is 0 Å². The van der Waals surface area contributed by atoms with Crippen LogP contribution in [0.5, 0.6) is 11.5 Å². The lowest BCUT2D eigenvalue weighted by Crippen LogP contribution is -2.34. The van der Waals surface area contributed by atoms with E-state index in [2.05, 4.69) is 0 Å². The third kappa shape index (κ3) is 5.14. The fourth-order valence-electron chi connectivity index (χ4n) is 2.52. The Bertz CT molecular complexity index is 794. The van der Waals surface area contributed by atoms with Crippen molar-refractivity contribution in [3.63, 3.8) is 0 Å². The fraction of sp³-hybridized carbons (Fsp3) is 0.300. The van der Waals surface area contributed by atoms with Crippen molar-refractivity contribution in [1.82, 2.24) is 0 Å². The van der Waals surface area contributed by atoms with E-state index < -0.39 is 5.97 Å². The maximum Gasteiger partial charge on any atom is 0.338 e. The van der Waals surface area contributed by atoms with Crippen LogP contribution in [0, 0.1) is 0 Å². The second kappa shape index (κ2) is 9.83. The van der Waals surface area contributed by atoms with Crippen LogP contribution >= 0.6 is 11.6 Å². The molecule has 2 aromatic carbocycles. The summed E-state index contributed by atoms with van der Waals surface area (Å²) in [6.07, 6.45) is 0. The molecule has 2 aromatic rings. The number of rotatable bonds is 8. The molecule has 1 amide bonds. The van der Waals surface area contributed by atoms with E-state index in [1.54, 1.807) is 4.90 Å². The van der Waals surface area contributed by atoms with Gasteiger partial charge >= 0.3 is 5.97 Å². The first-order valence-corrected chi connectivity index (χ1v) is 8.92. The van der Waals surface area contributed by atoms with E-state index in [0.29, 0.717) is 24.7 Å². The van der Waals surface area contributed by atoms with Crippen LogP contribution in [0.2, 0.25) is 5.02 Å². The molecule has 6 nitrogen and oxygen atoms in total. The fourth-order valence-corrected chi connectivity index (χ4v) is 2.79. The minimum Gasteiger partial charge on any atom is -0.493 e. The molecule has 0 fully saturated rings. The smallest absolute Gasteiger partial charge is 0.338 e. The van der Waals surface area contributed by atoms with Crippen molar-refractivity contribution < 1.29 is 23.8 Å². The summed E-state index contributed by atoms with van der Waals surface area (Å²) in [5, 5.41) is 0.231. The van der Waals surface area contributed by atoms with E-state index in [1.165, 1.54) is 19.2 Å². The third-order valence-electron chi connectivity index (χ3n) is 3.77. The van der Waals surface area contributed by atoms with Crippen LogP contribution in [0.1, 0.15) is 24.2 Å². The van der Waals surface area contributed by atoms with Gasteiger partial charge in [-0.05, 0) is 38.1 Å². The van der Waals surface area contributed by atoms with Gasteiger partial charge in [0.25, 0.3) is 5.91 Å². The van der Waals surface area contributed by atoms with Crippen LogP contribution in [0.3, 0.4) is 0 Å². The van der Waals surface area contributed by atoms with Gasteiger partial charge in [-0.3, -0.25) is 4.79 Å². The average Bonchev–Trinajstić information content (AvgIpc) is 2.69. The summed E-state index contributed by atoms with van der Waals surface area (Å²) in [5.74, 6) is -0.311. The maximum absolute atomic E-state index is 12.4. The molecule has 0 atom stereocenters. The van der Waals surface area contributed by atoms with Gasteiger partial charge in [-0.15, -0.1) is 0 Å². The molecule has 0 radical (unpaired) electrons. The van der Waals surface area contributed by atoms with Crippen molar-refractivity contribution in [2.75, 3.05) is 31.8 Å². The Balaban J connectivity index is 2.09. The van der Waals surface area contributed by atoms with Gasteiger partial charge < -0.3 is 19.1 Å². The minimum atomic E-state index is -0.671. The number of para-hydroxylation sites is 1. The van der Waals surface area contributed by atoms with Gasteiger partial charge in [-0.2, -0.15) is 0 Å². The number of nitrogens with zero attached hydrogens (tertiary/aromatic N) is 1. The Labute approximate surface area is 163 Å². The third-order valence-corrected chi connectivity index (χ3v) is 4.05. The number of methoxy groups -OCH3 is 1. The first kappa shape index (κ1) is 20.6. The second-order valence-corrected chi connectivity index (χ2v) is 5.88. The summed E-state index contributed by atoms with van der Waals surface area (Å²) in [6, 6.07) is 12.1. The normalized spacial score (nSPS) is 10.2. The zero-order valence-corrected chi connectivity index (χ0v) is 16.3. The molecular formula is C20H22ClNO5. The van der Waals surface area contributed by atoms with Gasteiger partial charge in [0.15, 0.2) is 18.1 Å². The topological polar surface area (TPSA) is 65.1 Å². The Morgan fingerprint density at radius 3 is 2.41 bits per heavy atom. The zero-order valence-electron chi connectivity index (χ0n) is 15.5. The predicted octanol–water partition coefficient (Wildman–Crippen LogP) is 3.96. The Morgan fingerprint density at radius 1 is 1.11 bits per heavy atom. The van der Waals surface area contributed by atoms with E-state index in [-0.39, 0.29) is 23.1 Å². The number of hydrogen-bond donors (Lipinski definition) is 0. The molecule has 0 spiro atoms. The van der Waals surface area contributed by atoms with Crippen molar-refractivity contribution in [2.24, 2.45) is 0 Å². The monoisotopic (exact) mass is 391 g/mol. The molecule has 7 heteroatoms. The summed E-state index contributed by atoms with van der Waals surface area (Å²) in [7, 11) is 1.45. The first-order valence-electron chi connectivity index (χ1n) is 8.54. The van der Waals surface area contributed by atoms with Crippen LogP contribution in [-0.2, 0) is 9.53 Å². The van der Waals surface area contributed by atoms with Crippen molar-refractivity contribution in [3.05, 3.63) is 53.1 Å². The molecule has 0 aliphatic heterocycles. The quantitative estimate of drug-likeness (QED) is 0.637. The summed E-state index contributed by atoms with van der Waals surface area (Å²) < 4.78 is 15.8. The molecule has 0 bridgehead atoms. The van der Waals surface area contributed by atoms with Crippen molar-refractivity contribution in [2.45, 2.75) is 13.8 Å². The number of anilines is 1. The predicted molar refractivity (Wildman–Crippen MR) is 104 cm³/mol. The molecule has 0 unspecified atom stereocenters. The largest absolute Gasteiger partial charge is 0.493 e. The van der Waals surface area contributed by atoms with Gasteiger partial charge in [0.1, 0.15) is 0 Å². The molecule has 0 saturated heterocycles. The molecule has 0 saturated carbocycles. The van der Waals surface area contributed by atoms with E-state index in [0.717, 1.165) is 5.69 Å². The highest BCUT2D eigenvalue weighted by molar-refractivity contribution is 6.32. The lowest BCUT2D eigenvalue weighted by Gasteiger charge is -2.20. The van der Waals surface area contributed by atoms with E-state index in [1.807, 2.05) is 44.2 Å². The van der Waals surface area contributed by atoms with Crippen molar-refractivity contribution >= 4 is 29.2 Å². The Morgan fingerprint density at radius 2 is 1.81 bits per heavy atom. The number of halogens is 1. The highest BCUT2D eigenvalue weighted by atomic mass is 35.5. The van der Waals surface area contributed by atoms with Crippen LogP contribution in [0.4, 0.5) is 5.69 Å². The number of benzene rings is 2. The molecule has 0 aliphatic carbocycles. The molecule has 0 aliphatic rings. The standard InChI is InChI=1S/C20H22ClNO5/c1-4-22(15-9-7-6-8-10-15)18(23)13-27-20(24)14-11-16(21)19(26-5-2)17(12-14)25-3/h6-12H,4-5,13H2,1-3H3. The van der Waals surface area contributed by atoms with Gasteiger partial charge in [-0.1, -0.05) is 29.8 Å². The number of likely N-dealkylation sites (N-methyl/N-ethyl adjacent to an activating group) is 1. The molecule has 0 heterocycles. The van der Waals surface area contributed by atoms with Crippen molar-refractivity contribution in [3.8, 4) is 11.5 Å². The number of amides is 1. The van der Waals surface area contributed by atoms with E-state index in [4.69, 9.17) is 25.8 Å². The number of esters is 1. The highest BCUT2D eigenvalue weighted by Gasteiger charge is 2.19. The maximum atomic E-state index is 12.4. The SMILES string of the molecule is CCOc1c(Cl)cc(C(=O)OCC(=O)N(CC)c2ccccc2)cc1OC. The molecule has 144 valence electrons. The van der Waals surface area contributed by atoms with Gasteiger partial charge in [-0.25, -0.2) is 4.79 Å². The highest BCUT2D eigenvalue weighted by Crippen LogP contribution is 2.36. The zero-order chi connectivity index (χ0) is 19.8. The Kier molecular flexibility index (Phi) is 7.49. The van der Waals surface area contributed by atoms with Crippen LogP contribution in [0.25, 0.3) is 0 Å². The van der Waals surface area contributed by atoms with E-state index >= 15 is 0 Å². The summed E-state index contributed by atoms with van der Waals surface area (Å²) >= 11 is 6.16. The van der Waals surface area contributed by atoms with Crippen LogP contribution in [-0.4, -0.2) is 38.7 Å². The minimum absolute atomic E-state index is 0.177. The van der Waals surface area contributed by atoms with Crippen molar-refractivity contribution in [1.29, 1.82) is 0 Å². The lowest BCUT2D eigenvalue weighted by molar-refractivity contribution is -0.121. The molecule has 27 heavy (non-hydrogen) atoms. The number of carbonyl (C=O) groups excluding carboxylic acids is 2. The first-order chi connectivity index (χ1) is 13.0. The van der Waals surface area contributed by atoms with Crippen LogP contribution < -0.4 is 14.4 Å². The van der Waals surface area contributed by atoms with Gasteiger partial charge in [0.05, 0.1) is 24.3 Å². The molecular weight excluding hydrogens is 370 g/mol. The molecule has 0 aromatic heterocycles. The van der Waals surface area contributed by atoms with Crippen LogP contribution in [0.15, 0.2) is 42.5 Å². The molecule has 2 rings (SSSR count). The second-order valence-electron chi connectivity index (χ2n) is 5.47. The summed E-state index contributed by atoms with van der Waals surface area (Å²) in [6.45, 7) is 4.15.